The van der Waals surface area contributed by atoms with Gasteiger partial charge < -0.3 is 15.4 Å². The maximum Gasteiger partial charge on any atom is 0.215 e. The van der Waals surface area contributed by atoms with E-state index >= 15 is 0 Å². The topological polar surface area (TPSA) is 86.3 Å². The summed E-state index contributed by atoms with van der Waals surface area (Å²) in [5.41, 5.74) is -0.0288. The van der Waals surface area contributed by atoms with Crippen molar-refractivity contribution in [1.29, 1.82) is 0 Å². The molecule has 0 aromatic heterocycles. The van der Waals surface area contributed by atoms with Crippen LogP contribution in [-0.4, -0.2) is 106 Å². The van der Waals surface area contributed by atoms with Crippen LogP contribution in [0.25, 0.3) is 0 Å². The normalized spacial score (nSPS) is 21.6. The smallest absolute Gasteiger partial charge is 0.215 e. The summed E-state index contributed by atoms with van der Waals surface area (Å²) < 4.78 is 31.8. The molecule has 0 radical (unpaired) electrons. The molecule has 0 spiro atoms. The van der Waals surface area contributed by atoms with Gasteiger partial charge in [0.15, 0.2) is 5.96 Å². The quantitative estimate of drug-likeness (QED) is 0.440. The third-order valence-corrected chi connectivity index (χ3v) is 7.61. The van der Waals surface area contributed by atoms with Crippen LogP contribution in [0.5, 0.6) is 0 Å². The van der Waals surface area contributed by atoms with Crippen molar-refractivity contribution >= 4 is 27.7 Å². The number of nitrogens with one attached hydrogen (secondary N) is 2. The lowest BCUT2D eigenvalue weighted by Crippen LogP contribution is -2.56. The van der Waals surface area contributed by atoms with Crippen LogP contribution in [0.1, 0.15) is 13.8 Å². The fourth-order valence-electron chi connectivity index (χ4n) is 3.05. The summed E-state index contributed by atoms with van der Waals surface area (Å²) in [6, 6.07) is 0. The predicted molar refractivity (Wildman–Crippen MR) is 109 cm³/mol. The summed E-state index contributed by atoms with van der Waals surface area (Å²) in [6.45, 7) is 10.1. The van der Waals surface area contributed by atoms with Crippen LogP contribution in [0.4, 0.5) is 0 Å². The Balaban J connectivity index is 1.75. The van der Waals surface area contributed by atoms with Gasteiger partial charge in [-0.3, -0.25) is 9.89 Å². The van der Waals surface area contributed by atoms with E-state index in [1.54, 1.807) is 23.1 Å². The first kappa shape index (κ1) is 21.7. The molecule has 2 rings (SSSR count). The van der Waals surface area contributed by atoms with Gasteiger partial charge in [-0.15, -0.1) is 0 Å². The van der Waals surface area contributed by atoms with Crippen LogP contribution in [0.2, 0.25) is 0 Å². The zero-order valence-corrected chi connectivity index (χ0v) is 17.8. The molecule has 2 saturated heterocycles. The molecule has 0 aliphatic carbocycles. The van der Waals surface area contributed by atoms with Crippen molar-refractivity contribution in [3.63, 3.8) is 0 Å². The van der Waals surface area contributed by atoms with Gasteiger partial charge in [-0.1, -0.05) is 0 Å². The largest absolute Gasteiger partial charge is 0.379 e. The molecule has 0 saturated carbocycles. The molecule has 0 atom stereocenters. The molecule has 0 aromatic rings. The van der Waals surface area contributed by atoms with Crippen LogP contribution in [0.15, 0.2) is 4.99 Å². The lowest BCUT2D eigenvalue weighted by Gasteiger charge is -2.41. The fourth-order valence-corrected chi connectivity index (χ4v) is 5.54. The van der Waals surface area contributed by atoms with Gasteiger partial charge in [0.25, 0.3) is 0 Å². The van der Waals surface area contributed by atoms with Crippen molar-refractivity contribution in [3.8, 4) is 0 Å². The highest BCUT2D eigenvalue weighted by atomic mass is 32.2. The minimum absolute atomic E-state index is 0.0288. The van der Waals surface area contributed by atoms with Crippen LogP contribution < -0.4 is 10.6 Å². The molecule has 0 amide bonds. The van der Waals surface area contributed by atoms with E-state index in [2.05, 4.69) is 34.4 Å². The van der Waals surface area contributed by atoms with E-state index < -0.39 is 10.0 Å². The predicted octanol–water partition coefficient (Wildman–Crippen LogP) is -0.359. The lowest BCUT2D eigenvalue weighted by atomic mass is 10.0. The van der Waals surface area contributed by atoms with Gasteiger partial charge >= 0.3 is 0 Å². The molecule has 26 heavy (non-hydrogen) atoms. The second-order valence-electron chi connectivity index (χ2n) is 7.09. The summed E-state index contributed by atoms with van der Waals surface area (Å²) in [5, 5.41) is 6.44. The van der Waals surface area contributed by atoms with Crippen molar-refractivity contribution < 1.29 is 13.2 Å². The maximum absolute atomic E-state index is 12.4. The highest BCUT2D eigenvalue weighted by Crippen LogP contribution is 2.15. The summed E-state index contributed by atoms with van der Waals surface area (Å²) >= 11 is 1.80. The highest BCUT2D eigenvalue weighted by molar-refractivity contribution is 7.99. The Bertz CT molecular complexity index is 556. The number of hydrogen-bond acceptors (Lipinski definition) is 6. The monoisotopic (exact) mass is 407 g/mol. The van der Waals surface area contributed by atoms with E-state index in [0.29, 0.717) is 25.6 Å². The minimum Gasteiger partial charge on any atom is -0.379 e. The summed E-state index contributed by atoms with van der Waals surface area (Å²) in [6.07, 6.45) is 0. The van der Waals surface area contributed by atoms with Gasteiger partial charge in [0.1, 0.15) is 0 Å². The Kier molecular flexibility index (Phi) is 8.46. The number of rotatable bonds is 7. The summed E-state index contributed by atoms with van der Waals surface area (Å²) in [5.74, 6) is 2.49. The van der Waals surface area contributed by atoms with Gasteiger partial charge in [-0.05, 0) is 13.8 Å². The van der Waals surface area contributed by atoms with E-state index in [-0.39, 0.29) is 11.3 Å². The van der Waals surface area contributed by atoms with E-state index in [0.717, 1.165) is 44.4 Å². The fraction of sp³-hybridized carbons (Fsp3) is 0.938. The molecule has 2 aliphatic rings. The first-order chi connectivity index (χ1) is 12.3. The molecule has 0 aromatic carbocycles. The average molecular weight is 408 g/mol. The van der Waals surface area contributed by atoms with E-state index in [1.807, 2.05) is 0 Å². The zero-order chi connectivity index (χ0) is 19.0. The average Bonchev–Trinajstić information content (AvgIpc) is 2.66. The molecular formula is C16H33N5O3S2. The van der Waals surface area contributed by atoms with Crippen LogP contribution in [0.3, 0.4) is 0 Å². The Morgan fingerprint density at radius 2 is 1.81 bits per heavy atom. The first-order valence-corrected chi connectivity index (χ1v) is 11.9. The number of guanidine groups is 1. The highest BCUT2D eigenvalue weighted by Gasteiger charge is 2.28. The number of ether oxygens (including phenoxy) is 1. The van der Waals surface area contributed by atoms with Crippen molar-refractivity contribution in [2.45, 2.75) is 19.4 Å². The summed E-state index contributed by atoms with van der Waals surface area (Å²) in [7, 11) is -1.49. The number of morpholine rings is 1. The van der Waals surface area contributed by atoms with E-state index in [1.165, 1.54) is 0 Å². The van der Waals surface area contributed by atoms with Gasteiger partial charge in [0, 0.05) is 63.4 Å². The van der Waals surface area contributed by atoms with Crippen molar-refractivity contribution in [2.24, 2.45) is 4.99 Å². The van der Waals surface area contributed by atoms with Crippen LogP contribution in [-0.2, 0) is 14.8 Å². The lowest BCUT2D eigenvalue weighted by molar-refractivity contribution is -0.00833. The molecule has 0 bridgehead atoms. The Morgan fingerprint density at radius 1 is 1.15 bits per heavy atom. The number of hydrogen-bond donors (Lipinski definition) is 2. The van der Waals surface area contributed by atoms with Crippen molar-refractivity contribution in [2.75, 3.05) is 76.8 Å². The third kappa shape index (κ3) is 6.56. The second-order valence-corrected chi connectivity index (χ2v) is 10.4. The Labute approximate surface area is 162 Å². The van der Waals surface area contributed by atoms with Crippen LogP contribution >= 0.6 is 11.8 Å². The molecule has 8 nitrogen and oxygen atoms in total. The molecule has 2 fully saturated rings. The van der Waals surface area contributed by atoms with Crippen molar-refractivity contribution in [3.05, 3.63) is 0 Å². The number of aliphatic imine (C=N–C) groups is 1. The molecular weight excluding hydrogens is 374 g/mol. The maximum atomic E-state index is 12.4. The second kappa shape index (κ2) is 10.1. The van der Waals surface area contributed by atoms with Gasteiger partial charge in [0.2, 0.25) is 10.0 Å². The minimum atomic E-state index is -3.20. The first-order valence-electron chi connectivity index (χ1n) is 9.18. The van der Waals surface area contributed by atoms with Crippen LogP contribution in [0, 0.1) is 0 Å². The molecule has 152 valence electrons. The number of thioether (sulfide) groups is 1. The Hall–Kier alpha value is -0.550. The number of nitrogens with zero attached hydrogens (tertiary/aromatic N) is 3. The van der Waals surface area contributed by atoms with Gasteiger partial charge in [-0.2, -0.15) is 11.8 Å². The standard InChI is InChI=1S/C16H33N5O3S2/c1-16(2,20-5-9-24-10-6-20)14-19-15(17-3)18-4-13-26(22,23)21-7-11-25-12-8-21/h4-14H2,1-3H3,(H2,17,18,19). The van der Waals surface area contributed by atoms with E-state index in [4.69, 9.17) is 4.74 Å². The molecule has 2 heterocycles. The molecule has 0 unspecified atom stereocenters. The molecule has 2 aliphatic heterocycles. The Morgan fingerprint density at radius 3 is 2.42 bits per heavy atom. The van der Waals surface area contributed by atoms with Crippen molar-refractivity contribution in [1.82, 2.24) is 19.8 Å². The van der Waals surface area contributed by atoms with E-state index in [9.17, 15) is 8.42 Å². The van der Waals surface area contributed by atoms with Gasteiger partial charge in [-0.25, -0.2) is 12.7 Å². The number of sulfonamides is 1. The third-order valence-electron chi connectivity index (χ3n) is 4.80. The zero-order valence-electron chi connectivity index (χ0n) is 16.2. The summed E-state index contributed by atoms with van der Waals surface area (Å²) in [4.78, 5) is 6.61. The SMILES string of the molecule is CN=C(NCCS(=O)(=O)N1CCSCC1)NCC(C)(C)N1CCOCC1. The molecule has 10 heteroatoms. The molecule has 2 N–H and O–H groups in total. The van der Waals surface area contributed by atoms with Gasteiger partial charge in [0.05, 0.1) is 19.0 Å².